The van der Waals surface area contributed by atoms with E-state index in [0.717, 1.165) is 19.0 Å². The summed E-state index contributed by atoms with van der Waals surface area (Å²) < 4.78 is 0. The molecule has 0 atom stereocenters. The third-order valence-corrected chi connectivity index (χ3v) is 3.41. The van der Waals surface area contributed by atoms with Crippen LogP contribution in [0.25, 0.3) is 0 Å². The first-order valence-electron chi connectivity index (χ1n) is 6.97. The summed E-state index contributed by atoms with van der Waals surface area (Å²) in [6.45, 7) is 14.0. The molecule has 1 aliphatic carbocycles. The molecule has 0 bridgehead atoms. The van der Waals surface area contributed by atoms with Crippen molar-refractivity contribution in [2.24, 2.45) is 5.92 Å². The zero-order valence-electron chi connectivity index (χ0n) is 12.2. The molecule has 0 aromatic heterocycles. The van der Waals surface area contributed by atoms with E-state index in [4.69, 9.17) is 0 Å². The van der Waals surface area contributed by atoms with Gasteiger partial charge in [0.15, 0.2) is 0 Å². The molecule has 2 nitrogen and oxygen atoms in total. The Morgan fingerprint density at radius 1 is 1.29 bits per heavy atom. The Balaban J connectivity index is 2.16. The fraction of sp³-hybridized carbons (Fsp3) is 0.867. The minimum absolute atomic E-state index is 0.187. The molecule has 1 N–H and O–H groups in total. The Morgan fingerprint density at radius 2 is 1.88 bits per heavy atom. The van der Waals surface area contributed by atoms with E-state index in [1.807, 2.05) is 0 Å². The summed E-state index contributed by atoms with van der Waals surface area (Å²) in [7, 11) is 2.22. The van der Waals surface area contributed by atoms with E-state index < -0.39 is 0 Å². The normalized spacial score (nSPS) is 17.9. The molecule has 0 aromatic rings. The molecule has 0 aliphatic heterocycles. The van der Waals surface area contributed by atoms with Gasteiger partial charge in [0.2, 0.25) is 0 Å². The maximum Gasteiger partial charge on any atom is 0.0199 e. The molecule has 0 amide bonds. The zero-order chi connectivity index (χ0) is 12.9. The van der Waals surface area contributed by atoms with Gasteiger partial charge in [0.05, 0.1) is 0 Å². The topological polar surface area (TPSA) is 15.3 Å². The largest absolute Gasteiger partial charge is 0.308 e. The lowest BCUT2D eigenvalue weighted by atomic mass is 10.1. The second-order valence-corrected chi connectivity index (χ2v) is 6.70. The van der Waals surface area contributed by atoms with Crippen LogP contribution in [-0.2, 0) is 0 Å². The van der Waals surface area contributed by atoms with Gasteiger partial charge < -0.3 is 10.2 Å². The van der Waals surface area contributed by atoms with E-state index in [-0.39, 0.29) is 5.54 Å². The molecule has 1 aliphatic rings. The van der Waals surface area contributed by atoms with Crippen LogP contribution < -0.4 is 5.32 Å². The van der Waals surface area contributed by atoms with Gasteiger partial charge in [-0.3, -0.25) is 0 Å². The van der Waals surface area contributed by atoms with Gasteiger partial charge in [-0.1, -0.05) is 19.4 Å². The number of nitrogens with one attached hydrogen (secondary N) is 1. The van der Waals surface area contributed by atoms with Crippen LogP contribution in [0.3, 0.4) is 0 Å². The first-order chi connectivity index (χ1) is 7.87. The van der Waals surface area contributed by atoms with Gasteiger partial charge in [-0.15, -0.1) is 0 Å². The van der Waals surface area contributed by atoms with Crippen LogP contribution in [0.5, 0.6) is 0 Å². The van der Waals surface area contributed by atoms with Crippen molar-refractivity contribution in [1.82, 2.24) is 10.2 Å². The second kappa shape index (κ2) is 6.55. The van der Waals surface area contributed by atoms with Crippen molar-refractivity contribution < 1.29 is 0 Å². The van der Waals surface area contributed by atoms with Crippen molar-refractivity contribution in [2.75, 3.05) is 26.7 Å². The Kier molecular flexibility index (Phi) is 5.68. The van der Waals surface area contributed by atoms with E-state index in [2.05, 4.69) is 44.6 Å². The predicted octanol–water partition coefficient (Wildman–Crippen LogP) is 3.05. The number of nitrogens with zero attached hydrogens (tertiary/aromatic N) is 1. The van der Waals surface area contributed by atoms with E-state index in [1.54, 1.807) is 0 Å². The first-order valence-corrected chi connectivity index (χ1v) is 6.97. The lowest BCUT2D eigenvalue weighted by Gasteiger charge is -2.25. The van der Waals surface area contributed by atoms with Crippen molar-refractivity contribution in [3.05, 3.63) is 12.2 Å². The van der Waals surface area contributed by atoms with Gasteiger partial charge in [-0.2, -0.15) is 0 Å². The minimum Gasteiger partial charge on any atom is -0.308 e. The van der Waals surface area contributed by atoms with Gasteiger partial charge in [0.25, 0.3) is 0 Å². The highest BCUT2D eigenvalue weighted by Gasteiger charge is 2.17. The van der Waals surface area contributed by atoms with Gasteiger partial charge in [-0.25, -0.2) is 0 Å². The molecule has 100 valence electrons. The molecule has 0 radical (unpaired) electrons. The summed E-state index contributed by atoms with van der Waals surface area (Å²) in [4.78, 5) is 2.43. The smallest absolute Gasteiger partial charge is 0.0199 e. The summed E-state index contributed by atoms with van der Waals surface area (Å²) >= 11 is 0. The van der Waals surface area contributed by atoms with E-state index in [9.17, 15) is 0 Å². The molecule has 0 spiro atoms. The highest BCUT2D eigenvalue weighted by molar-refractivity contribution is 5.00. The van der Waals surface area contributed by atoms with Crippen molar-refractivity contribution >= 4 is 0 Å². The fourth-order valence-electron chi connectivity index (χ4n) is 2.53. The number of hydrogen-bond acceptors (Lipinski definition) is 2. The highest BCUT2D eigenvalue weighted by Crippen LogP contribution is 2.25. The standard InChI is InChI=1S/C15H30N2/c1-13(10-16-15(2,3)4)11-17(5)12-14-8-6-7-9-14/h14,16H,1,6-12H2,2-5H3. The van der Waals surface area contributed by atoms with Crippen molar-refractivity contribution in [1.29, 1.82) is 0 Å². The molecule has 1 rings (SSSR count). The highest BCUT2D eigenvalue weighted by atomic mass is 15.1. The molecule has 2 heteroatoms. The van der Waals surface area contributed by atoms with Crippen LogP contribution in [0, 0.1) is 5.92 Å². The van der Waals surface area contributed by atoms with Crippen LogP contribution in [0.2, 0.25) is 0 Å². The summed E-state index contributed by atoms with van der Waals surface area (Å²) in [6, 6.07) is 0. The Labute approximate surface area is 107 Å². The number of hydrogen-bond donors (Lipinski definition) is 1. The lowest BCUT2D eigenvalue weighted by Crippen LogP contribution is -2.38. The van der Waals surface area contributed by atoms with Gasteiger partial charge in [0, 0.05) is 25.2 Å². The molecule has 0 heterocycles. The Morgan fingerprint density at radius 3 is 2.41 bits per heavy atom. The first kappa shape index (κ1) is 14.7. The second-order valence-electron chi connectivity index (χ2n) is 6.70. The van der Waals surface area contributed by atoms with Crippen molar-refractivity contribution in [3.63, 3.8) is 0 Å². The lowest BCUT2D eigenvalue weighted by molar-refractivity contribution is 0.294. The van der Waals surface area contributed by atoms with E-state index in [0.29, 0.717) is 0 Å². The number of rotatable bonds is 6. The average molecular weight is 238 g/mol. The molecular formula is C15H30N2. The molecule has 1 fully saturated rings. The third kappa shape index (κ3) is 6.85. The van der Waals surface area contributed by atoms with E-state index in [1.165, 1.54) is 37.8 Å². The van der Waals surface area contributed by atoms with Crippen LogP contribution in [0.1, 0.15) is 46.5 Å². The SMILES string of the molecule is C=C(CNC(C)(C)C)CN(C)CC1CCCC1. The Hall–Kier alpha value is -0.340. The molecule has 0 saturated heterocycles. The quantitative estimate of drug-likeness (QED) is 0.716. The molecule has 1 saturated carbocycles. The summed E-state index contributed by atoms with van der Waals surface area (Å²) in [5.41, 5.74) is 1.48. The van der Waals surface area contributed by atoms with Crippen LogP contribution in [0.4, 0.5) is 0 Å². The zero-order valence-corrected chi connectivity index (χ0v) is 12.2. The molecular weight excluding hydrogens is 208 g/mol. The van der Waals surface area contributed by atoms with Gasteiger partial charge >= 0.3 is 0 Å². The van der Waals surface area contributed by atoms with Crippen LogP contribution in [-0.4, -0.2) is 37.1 Å². The molecule has 0 unspecified atom stereocenters. The maximum absolute atomic E-state index is 4.17. The minimum atomic E-state index is 0.187. The van der Waals surface area contributed by atoms with E-state index >= 15 is 0 Å². The maximum atomic E-state index is 4.17. The van der Waals surface area contributed by atoms with Gasteiger partial charge in [0.1, 0.15) is 0 Å². The third-order valence-electron chi connectivity index (χ3n) is 3.41. The monoisotopic (exact) mass is 238 g/mol. The van der Waals surface area contributed by atoms with Crippen LogP contribution >= 0.6 is 0 Å². The predicted molar refractivity (Wildman–Crippen MR) is 76.4 cm³/mol. The molecule has 17 heavy (non-hydrogen) atoms. The van der Waals surface area contributed by atoms with Crippen molar-refractivity contribution in [3.8, 4) is 0 Å². The van der Waals surface area contributed by atoms with Crippen LogP contribution in [0.15, 0.2) is 12.2 Å². The summed E-state index contributed by atoms with van der Waals surface area (Å²) in [5, 5.41) is 3.49. The van der Waals surface area contributed by atoms with Crippen molar-refractivity contribution in [2.45, 2.75) is 52.0 Å². The Bertz CT molecular complexity index is 234. The number of likely N-dealkylation sites (N-methyl/N-ethyl adjacent to an activating group) is 1. The average Bonchev–Trinajstić information content (AvgIpc) is 2.66. The summed E-state index contributed by atoms with van der Waals surface area (Å²) in [6.07, 6.45) is 5.73. The molecule has 0 aromatic carbocycles. The van der Waals surface area contributed by atoms with Gasteiger partial charge in [-0.05, 0) is 52.2 Å². The summed E-state index contributed by atoms with van der Waals surface area (Å²) in [5.74, 6) is 0.934. The fourth-order valence-corrected chi connectivity index (χ4v) is 2.53.